The Kier molecular flexibility index (Phi) is 6.45. The SMILES string of the molecule is CC(=O)NCCN(C(=O)Cn1ccc(=O)n(C)c1=O)C(C)C(=O)O. The van der Waals surface area contributed by atoms with E-state index >= 15 is 0 Å². The Morgan fingerprint density at radius 1 is 1.33 bits per heavy atom. The molecule has 0 aliphatic carbocycles. The summed E-state index contributed by atoms with van der Waals surface area (Å²) in [6.07, 6.45) is 1.18. The molecule has 0 saturated heterocycles. The summed E-state index contributed by atoms with van der Waals surface area (Å²) in [7, 11) is 1.28. The van der Waals surface area contributed by atoms with Crippen molar-refractivity contribution >= 4 is 17.8 Å². The average Bonchev–Trinajstić information content (AvgIpc) is 2.51. The molecular formula is C14H20N4O6. The second-order valence-electron chi connectivity index (χ2n) is 5.21. The van der Waals surface area contributed by atoms with Crippen LogP contribution < -0.4 is 16.6 Å². The van der Waals surface area contributed by atoms with Crippen molar-refractivity contribution in [2.45, 2.75) is 26.4 Å². The van der Waals surface area contributed by atoms with E-state index in [0.717, 1.165) is 20.1 Å². The number of carbonyl (C=O) groups excluding carboxylic acids is 2. The number of carboxylic acid groups (broad SMARTS) is 1. The standard InChI is InChI=1S/C14H20N4O6/c1-9(13(22)23)18(7-5-15-10(2)19)12(21)8-17-6-4-11(20)16(3)14(17)24/h4,6,9H,5,7-8H2,1-3H3,(H,15,19)(H,22,23). The van der Waals surface area contributed by atoms with Gasteiger partial charge in [-0.2, -0.15) is 0 Å². The summed E-state index contributed by atoms with van der Waals surface area (Å²) in [6, 6.07) is 0.00576. The molecule has 0 radical (unpaired) electrons. The first-order valence-electron chi connectivity index (χ1n) is 7.18. The van der Waals surface area contributed by atoms with Crippen molar-refractivity contribution in [2.75, 3.05) is 13.1 Å². The summed E-state index contributed by atoms with van der Waals surface area (Å²) < 4.78 is 1.86. The second kappa shape index (κ2) is 8.09. The Balaban J connectivity index is 2.97. The molecule has 10 nitrogen and oxygen atoms in total. The van der Waals surface area contributed by atoms with Crippen molar-refractivity contribution in [3.8, 4) is 0 Å². The van der Waals surface area contributed by atoms with Gasteiger partial charge in [-0.25, -0.2) is 9.59 Å². The second-order valence-corrected chi connectivity index (χ2v) is 5.21. The summed E-state index contributed by atoms with van der Waals surface area (Å²) in [4.78, 5) is 58.8. The number of aromatic nitrogens is 2. The van der Waals surface area contributed by atoms with Crippen molar-refractivity contribution in [1.29, 1.82) is 0 Å². The predicted molar refractivity (Wildman–Crippen MR) is 83.4 cm³/mol. The van der Waals surface area contributed by atoms with E-state index in [1.807, 2.05) is 0 Å². The Morgan fingerprint density at radius 3 is 2.50 bits per heavy atom. The molecule has 1 aromatic heterocycles. The highest BCUT2D eigenvalue weighted by Gasteiger charge is 2.25. The number of amides is 2. The third-order valence-corrected chi connectivity index (χ3v) is 3.44. The topological polar surface area (TPSA) is 131 Å². The van der Waals surface area contributed by atoms with Gasteiger partial charge in [0.25, 0.3) is 5.56 Å². The van der Waals surface area contributed by atoms with Gasteiger partial charge in [-0.15, -0.1) is 0 Å². The lowest BCUT2D eigenvalue weighted by atomic mass is 10.2. The largest absolute Gasteiger partial charge is 0.480 e. The average molecular weight is 340 g/mol. The number of carbonyl (C=O) groups is 3. The molecule has 0 fully saturated rings. The zero-order valence-electron chi connectivity index (χ0n) is 13.7. The minimum Gasteiger partial charge on any atom is -0.480 e. The van der Waals surface area contributed by atoms with E-state index in [0.29, 0.717) is 0 Å². The van der Waals surface area contributed by atoms with E-state index in [4.69, 9.17) is 5.11 Å². The summed E-state index contributed by atoms with van der Waals surface area (Å²) in [5.74, 6) is -2.13. The maximum atomic E-state index is 12.4. The monoisotopic (exact) mass is 340 g/mol. The highest BCUT2D eigenvalue weighted by atomic mass is 16.4. The molecule has 24 heavy (non-hydrogen) atoms. The molecule has 0 aliphatic heterocycles. The molecule has 2 amide bonds. The molecule has 0 aromatic carbocycles. The zero-order valence-corrected chi connectivity index (χ0v) is 13.7. The van der Waals surface area contributed by atoms with E-state index < -0.39 is 35.7 Å². The summed E-state index contributed by atoms with van der Waals surface area (Å²) >= 11 is 0. The quantitative estimate of drug-likeness (QED) is 0.589. The van der Waals surface area contributed by atoms with Gasteiger partial charge in [0.15, 0.2) is 0 Å². The van der Waals surface area contributed by atoms with Crippen molar-refractivity contribution in [3.63, 3.8) is 0 Å². The van der Waals surface area contributed by atoms with Gasteiger partial charge >= 0.3 is 11.7 Å². The highest BCUT2D eigenvalue weighted by molar-refractivity contribution is 5.83. The Morgan fingerprint density at radius 2 is 1.96 bits per heavy atom. The van der Waals surface area contributed by atoms with Crippen LogP contribution in [0.4, 0.5) is 0 Å². The fourth-order valence-electron chi connectivity index (χ4n) is 1.99. The Hall–Kier alpha value is -2.91. The zero-order chi connectivity index (χ0) is 18.4. The molecule has 2 N–H and O–H groups in total. The van der Waals surface area contributed by atoms with E-state index in [-0.39, 0.29) is 19.0 Å². The van der Waals surface area contributed by atoms with Crippen molar-refractivity contribution in [1.82, 2.24) is 19.4 Å². The van der Waals surface area contributed by atoms with Crippen LogP contribution in [0.15, 0.2) is 21.9 Å². The van der Waals surface area contributed by atoms with Crippen LogP contribution >= 0.6 is 0 Å². The lowest BCUT2D eigenvalue weighted by Crippen LogP contribution is -2.49. The number of nitrogens with zero attached hydrogens (tertiary/aromatic N) is 3. The molecule has 0 spiro atoms. The Labute approximate surface area is 137 Å². The summed E-state index contributed by atoms with van der Waals surface area (Å²) in [6.45, 7) is 2.28. The molecule has 1 aromatic rings. The normalized spacial score (nSPS) is 11.6. The van der Waals surface area contributed by atoms with Crippen molar-refractivity contribution in [2.24, 2.45) is 7.05 Å². The minimum absolute atomic E-state index is 0.0214. The Bertz CT molecular complexity index is 750. The van der Waals surface area contributed by atoms with E-state index in [9.17, 15) is 24.0 Å². The third-order valence-electron chi connectivity index (χ3n) is 3.44. The molecule has 0 aliphatic rings. The number of hydrogen-bond acceptors (Lipinski definition) is 5. The van der Waals surface area contributed by atoms with E-state index in [2.05, 4.69) is 5.32 Å². The first-order valence-corrected chi connectivity index (χ1v) is 7.18. The number of aliphatic carboxylic acids is 1. The molecule has 10 heteroatoms. The number of hydrogen-bond donors (Lipinski definition) is 2. The molecule has 1 atom stereocenters. The minimum atomic E-state index is -1.21. The molecule has 132 valence electrons. The van der Waals surface area contributed by atoms with Crippen LogP contribution in [0.3, 0.4) is 0 Å². The molecular weight excluding hydrogens is 320 g/mol. The van der Waals surface area contributed by atoms with Crippen molar-refractivity contribution < 1.29 is 19.5 Å². The number of rotatable bonds is 7. The lowest BCUT2D eigenvalue weighted by molar-refractivity contribution is -0.149. The first kappa shape index (κ1) is 19.1. The number of carboxylic acids is 1. The van der Waals surface area contributed by atoms with E-state index in [1.54, 1.807) is 0 Å². The maximum absolute atomic E-state index is 12.4. The molecule has 1 rings (SSSR count). The van der Waals surface area contributed by atoms with Crippen LogP contribution in [0, 0.1) is 0 Å². The van der Waals surface area contributed by atoms with E-state index in [1.165, 1.54) is 27.1 Å². The van der Waals surface area contributed by atoms with Gasteiger partial charge in [0.1, 0.15) is 12.6 Å². The van der Waals surface area contributed by atoms with Crippen LogP contribution in [0.25, 0.3) is 0 Å². The first-order chi connectivity index (χ1) is 11.1. The molecule has 1 heterocycles. The van der Waals surface area contributed by atoms with Gasteiger partial charge in [0, 0.05) is 39.3 Å². The number of nitrogens with one attached hydrogen (secondary N) is 1. The molecule has 1 unspecified atom stereocenters. The smallest absolute Gasteiger partial charge is 0.331 e. The summed E-state index contributed by atoms with van der Waals surface area (Å²) in [5.41, 5.74) is -1.19. The fourth-order valence-corrected chi connectivity index (χ4v) is 1.99. The van der Waals surface area contributed by atoms with Crippen LogP contribution in [0.1, 0.15) is 13.8 Å². The van der Waals surface area contributed by atoms with Gasteiger partial charge in [-0.3, -0.25) is 23.5 Å². The fraction of sp³-hybridized carbons (Fsp3) is 0.500. The third kappa shape index (κ3) is 4.80. The van der Waals surface area contributed by atoms with Crippen LogP contribution in [0.2, 0.25) is 0 Å². The van der Waals surface area contributed by atoms with Gasteiger partial charge in [0.05, 0.1) is 0 Å². The summed E-state index contributed by atoms with van der Waals surface area (Å²) in [5, 5.41) is 11.6. The van der Waals surface area contributed by atoms with Crippen LogP contribution in [-0.4, -0.2) is 56.1 Å². The highest BCUT2D eigenvalue weighted by Crippen LogP contribution is 2.01. The van der Waals surface area contributed by atoms with Gasteiger partial charge in [-0.1, -0.05) is 0 Å². The predicted octanol–water partition coefficient (Wildman–Crippen LogP) is -2.02. The van der Waals surface area contributed by atoms with Crippen LogP contribution in [0.5, 0.6) is 0 Å². The maximum Gasteiger partial charge on any atom is 0.331 e. The molecule has 0 bridgehead atoms. The van der Waals surface area contributed by atoms with Gasteiger partial charge in [-0.05, 0) is 6.92 Å². The molecule has 0 saturated carbocycles. The lowest BCUT2D eigenvalue weighted by Gasteiger charge is -2.27. The van der Waals surface area contributed by atoms with Crippen LogP contribution in [-0.2, 0) is 28.0 Å². The van der Waals surface area contributed by atoms with Gasteiger partial charge < -0.3 is 15.3 Å². The van der Waals surface area contributed by atoms with Crippen molar-refractivity contribution in [3.05, 3.63) is 33.1 Å². The van der Waals surface area contributed by atoms with Gasteiger partial charge in [0.2, 0.25) is 11.8 Å².